The van der Waals surface area contributed by atoms with E-state index in [2.05, 4.69) is 67.7 Å². The summed E-state index contributed by atoms with van der Waals surface area (Å²) in [6.45, 7) is 5.56. The van der Waals surface area contributed by atoms with Crippen molar-refractivity contribution in [2.45, 2.75) is 32.2 Å². The van der Waals surface area contributed by atoms with Gasteiger partial charge in [-0.15, -0.1) is 0 Å². The number of nitrogens with one attached hydrogen (secondary N) is 1. The third kappa shape index (κ3) is 2.31. The molecule has 2 atom stereocenters. The summed E-state index contributed by atoms with van der Waals surface area (Å²) in [5.74, 6) is 0.598. The van der Waals surface area contributed by atoms with Gasteiger partial charge in [-0.2, -0.15) is 0 Å². The smallest absolute Gasteiger partial charge is 0.0395 e. The Morgan fingerprint density at radius 1 is 0.895 bits per heavy atom. The molecule has 1 fully saturated rings. The van der Waals surface area contributed by atoms with E-state index in [9.17, 15) is 0 Å². The molecular weight excluding hydrogens is 230 g/mol. The second-order valence-corrected chi connectivity index (χ2v) is 5.54. The average Bonchev–Trinajstić information content (AvgIpc) is 2.89. The number of hydrogen-bond acceptors (Lipinski definition) is 1. The van der Waals surface area contributed by atoms with E-state index >= 15 is 0 Å². The molecule has 1 aliphatic heterocycles. The fourth-order valence-electron chi connectivity index (χ4n) is 3.38. The van der Waals surface area contributed by atoms with E-state index < -0.39 is 0 Å². The Hall–Kier alpha value is -1.60. The van der Waals surface area contributed by atoms with E-state index in [-0.39, 0.29) is 0 Å². The molecule has 19 heavy (non-hydrogen) atoms. The number of aryl methyl sites for hydroxylation is 2. The van der Waals surface area contributed by atoms with Gasteiger partial charge in [-0.3, -0.25) is 0 Å². The molecule has 0 bridgehead atoms. The molecule has 0 saturated carbocycles. The van der Waals surface area contributed by atoms with E-state index in [0.29, 0.717) is 12.0 Å². The van der Waals surface area contributed by atoms with Gasteiger partial charge < -0.3 is 5.32 Å². The second-order valence-electron chi connectivity index (χ2n) is 5.54. The fraction of sp³-hybridized carbons (Fsp3) is 0.333. The summed E-state index contributed by atoms with van der Waals surface area (Å²) in [7, 11) is 0. The van der Waals surface area contributed by atoms with E-state index in [0.717, 1.165) is 6.54 Å². The van der Waals surface area contributed by atoms with E-state index in [1.165, 1.54) is 28.7 Å². The minimum Gasteiger partial charge on any atom is -0.309 e. The Labute approximate surface area is 115 Å². The van der Waals surface area contributed by atoms with Crippen LogP contribution >= 0.6 is 0 Å². The molecule has 0 aromatic heterocycles. The van der Waals surface area contributed by atoms with Crippen LogP contribution in [0, 0.1) is 13.8 Å². The molecule has 1 heteroatoms. The molecule has 0 aliphatic carbocycles. The lowest BCUT2D eigenvalue weighted by atomic mass is 9.84. The summed E-state index contributed by atoms with van der Waals surface area (Å²) < 4.78 is 0. The van der Waals surface area contributed by atoms with Crippen molar-refractivity contribution in [2.24, 2.45) is 0 Å². The monoisotopic (exact) mass is 251 g/mol. The first-order valence-electron chi connectivity index (χ1n) is 7.12. The van der Waals surface area contributed by atoms with Crippen molar-refractivity contribution >= 4 is 0 Å². The molecule has 1 N–H and O–H groups in total. The molecule has 1 aliphatic rings. The van der Waals surface area contributed by atoms with Crippen LogP contribution in [0.5, 0.6) is 0 Å². The van der Waals surface area contributed by atoms with Crippen LogP contribution in [0.1, 0.15) is 40.6 Å². The highest BCUT2D eigenvalue weighted by molar-refractivity contribution is 5.39. The van der Waals surface area contributed by atoms with Crippen LogP contribution in [0.3, 0.4) is 0 Å². The van der Waals surface area contributed by atoms with Crippen molar-refractivity contribution in [2.75, 3.05) is 6.54 Å². The van der Waals surface area contributed by atoms with Gasteiger partial charge in [-0.05, 0) is 49.1 Å². The van der Waals surface area contributed by atoms with Crippen LogP contribution in [0.4, 0.5) is 0 Å². The summed E-state index contributed by atoms with van der Waals surface area (Å²) >= 11 is 0. The van der Waals surface area contributed by atoms with Gasteiger partial charge in [0.05, 0.1) is 0 Å². The lowest BCUT2D eigenvalue weighted by Gasteiger charge is -2.24. The summed E-state index contributed by atoms with van der Waals surface area (Å²) in [5, 5.41) is 3.70. The third-order valence-electron chi connectivity index (χ3n) is 4.30. The van der Waals surface area contributed by atoms with E-state index in [4.69, 9.17) is 0 Å². The molecule has 1 nitrogen and oxygen atoms in total. The Morgan fingerprint density at radius 2 is 1.58 bits per heavy atom. The van der Waals surface area contributed by atoms with Gasteiger partial charge in [0.25, 0.3) is 0 Å². The highest BCUT2D eigenvalue weighted by Crippen LogP contribution is 2.39. The highest BCUT2D eigenvalue weighted by Gasteiger charge is 2.30. The van der Waals surface area contributed by atoms with Gasteiger partial charge in [0.1, 0.15) is 0 Å². The molecule has 2 aromatic carbocycles. The van der Waals surface area contributed by atoms with Crippen LogP contribution in [0.25, 0.3) is 0 Å². The zero-order chi connectivity index (χ0) is 13.2. The van der Waals surface area contributed by atoms with Crippen molar-refractivity contribution < 1.29 is 0 Å². The van der Waals surface area contributed by atoms with E-state index in [1.54, 1.807) is 0 Å². The molecule has 1 heterocycles. The van der Waals surface area contributed by atoms with Gasteiger partial charge in [-0.25, -0.2) is 0 Å². The van der Waals surface area contributed by atoms with Crippen molar-refractivity contribution in [1.29, 1.82) is 0 Å². The first kappa shape index (κ1) is 12.4. The fourth-order valence-corrected chi connectivity index (χ4v) is 3.38. The molecule has 98 valence electrons. The Morgan fingerprint density at radius 3 is 2.26 bits per heavy atom. The Balaban J connectivity index is 2.00. The molecule has 0 spiro atoms. The van der Waals surface area contributed by atoms with Crippen LogP contribution in [-0.2, 0) is 0 Å². The normalized spacial score (nSPS) is 22.6. The zero-order valence-corrected chi connectivity index (χ0v) is 11.7. The number of benzene rings is 2. The molecule has 0 radical (unpaired) electrons. The lowest BCUT2D eigenvalue weighted by Crippen LogP contribution is -2.19. The number of rotatable bonds is 2. The van der Waals surface area contributed by atoms with Gasteiger partial charge in [0.2, 0.25) is 0 Å². The first-order valence-corrected chi connectivity index (χ1v) is 7.12. The SMILES string of the molecule is Cc1cccc(C)c1C1NCCC1c1ccccc1. The predicted octanol–water partition coefficient (Wildman–Crippen LogP) is 4.12. The van der Waals surface area contributed by atoms with Gasteiger partial charge in [-0.1, -0.05) is 48.5 Å². The maximum absolute atomic E-state index is 3.70. The maximum atomic E-state index is 3.70. The van der Waals surface area contributed by atoms with Crippen LogP contribution in [0.2, 0.25) is 0 Å². The number of hydrogen-bond donors (Lipinski definition) is 1. The van der Waals surface area contributed by atoms with Gasteiger partial charge in [0.15, 0.2) is 0 Å². The topological polar surface area (TPSA) is 12.0 Å². The van der Waals surface area contributed by atoms with Crippen LogP contribution in [-0.4, -0.2) is 6.54 Å². The second kappa shape index (κ2) is 5.18. The summed E-state index contributed by atoms with van der Waals surface area (Å²) in [4.78, 5) is 0. The van der Waals surface area contributed by atoms with Gasteiger partial charge in [0, 0.05) is 12.0 Å². The van der Waals surface area contributed by atoms with E-state index in [1.807, 2.05) is 0 Å². The Bertz CT molecular complexity index is 539. The molecule has 1 saturated heterocycles. The van der Waals surface area contributed by atoms with Crippen molar-refractivity contribution in [3.05, 3.63) is 70.8 Å². The van der Waals surface area contributed by atoms with Crippen molar-refractivity contribution in [1.82, 2.24) is 5.32 Å². The largest absolute Gasteiger partial charge is 0.309 e. The maximum Gasteiger partial charge on any atom is 0.0395 e. The molecular formula is C18H21N. The third-order valence-corrected chi connectivity index (χ3v) is 4.30. The molecule has 2 aromatic rings. The van der Waals surface area contributed by atoms with Crippen molar-refractivity contribution in [3.63, 3.8) is 0 Å². The molecule has 2 unspecified atom stereocenters. The molecule has 3 rings (SSSR count). The summed E-state index contributed by atoms with van der Waals surface area (Å²) in [5.41, 5.74) is 5.76. The van der Waals surface area contributed by atoms with Crippen LogP contribution < -0.4 is 5.32 Å². The zero-order valence-electron chi connectivity index (χ0n) is 11.7. The standard InChI is InChI=1S/C18H21N/c1-13-7-6-8-14(2)17(13)18-16(11-12-19-18)15-9-4-3-5-10-15/h3-10,16,18-19H,11-12H2,1-2H3. The average molecular weight is 251 g/mol. The Kier molecular flexibility index (Phi) is 3.39. The predicted molar refractivity (Wildman–Crippen MR) is 80.5 cm³/mol. The van der Waals surface area contributed by atoms with Crippen LogP contribution in [0.15, 0.2) is 48.5 Å². The molecule has 0 amide bonds. The highest BCUT2D eigenvalue weighted by atomic mass is 15.0. The summed E-state index contributed by atoms with van der Waals surface area (Å²) in [6, 6.07) is 18.0. The van der Waals surface area contributed by atoms with Crippen molar-refractivity contribution in [3.8, 4) is 0 Å². The minimum absolute atomic E-state index is 0.462. The first-order chi connectivity index (χ1) is 9.27. The minimum atomic E-state index is 0.462. The van der Waals surface area contributed by atoms with Gasteiger partial charge >= 0.3 is 0 Å². The lowest BCUT2D eigenvalue weighted by molar-refractivity contribution is 0.572. The summed E-state index contributed by atoms with van der Waals surface area (Å²) in [6.07, 6.45) is 1.22. The quantitative estimate of drug-likeness (QED) is 0.846.